The second kappa shape index (κ2) is 8.74. The Balaban J connectivity index is 1.82. The summed E-state index contributed by atoms with van der Waals surface area (Å²) in [7, 11) is -2.29. The fraction of sp³-hybridized carbons (Fsp3) is 0.368. The van der Waals surface area contributed by atoms with Crippen molar-refractivity contribution in [3.63, 3.8) is 0 Å². The van der Waals surface area contributed by atoms with Crippen molar-refractivity contribution in [1.82, 2.24) is 5.32 Å². The third kappa shape index (κ3) is 4.90. The molecule has 0 saturated carbocycles. The fourth-order valence-corrected chi connectivity index (χ4v) is 4.33. The molecule has 0 radical (unpaired) electrons. The number of sulfonamides is 1. The van der Waals surface area contributed by atoms with E-state index in [1.807, 2.05) is 0 Å². The van der Waals surface area contributed by atoms with Crippen molar-refractivity contribution < 1.29 is 26.7 Å². The summed E-state index contributed by atoms with van der Waals surface area (Å²) >= 11 is 0. The molecule has 0 bridgehead atoms. The number of anilines is 1. The van der Waals surface area contributed by atoms with E-state index >= 15 is 0 Å². The molecule has 0 aromatic heterocycles. The predicted molar refractivity (Wildman–Crippen MR) is 102 cm³/mol. The lowest BCUT2D eigenvalue weighted by Crippen LogP contribution is -2.28. The summed E-state index contributed by atoms with van der Waals surface area (Å²) in [5.74, 6) is 0.778. The molecular formula is C19H22F2N2O4S. The Morgan fingerprint density at radius 2 is 1.93 bits per heavy atom. The number of benzene rings is 2. The largest absolute Gasteiger partial charge is 0.496 e. The molecule has 3 rings (SSSR count). The minimum absolute atomic E-state index is 0.0468. The van der Waals surface area contributed by atoms with Gasteiger partial charge >= 0.3 is 6.61 Å². The molecule has 2 N–H and O–H groups in total. The van der Waals surface area contributed by atoms with Gasteiger partial charge in [0.25, 0.3) is 10.0 Å². The molecule has 1 heterocycles. The van der Waals surface area contributed by atoms with E-state index in [1.54, 1.807) is 19.2 Å². The number of methoxy groups -OCH3 is 1. The van der Waals surface area contributed by atoms with Gasteiger partial charge in [0.1, 0.15) is 11.5 Å². The molecule has 1 fully saturated rings. The average molecular weight is 412 g/mol. The molecule has 1 unspecified atom stereocenters. The van der Waals surface area contributed by atoms with Gasteiger partial charge in [-0.2, -0.15) is 8.78 Å². The maximum absolute atomic E-state index is 12.8. The van der Waals surface area contributed by atoms with Crippen LogP contribution < -0.4 is 19.5 Å². The van der Waals surface area contributed by atoms with Crippen molar-refractivity contribution in [2.24, 2.45) is 0 Å². The highest BCUT2D eigenvalue weighted by Crippen LogP contribution is 2.33. The SMILES string of the molecule is COc1ccc(S(=O)(=O)Nc2ccc(OC(F)F)cc2)cc1C1CCCNC1. The van der Waals surface area contributed by atoms with Gasteiger partial charge in [0.05, 0.1) is 12.0 Å². The molecule has 0 aliphatic carbocycles. The van der Waals surface area contributed by atoms with Crippen LogP contribution in [-0.2, 0) is 10.0 Å². The van der Waals surface area contributed by atoms with E-state index < -0.39 is 16.6 Å². The highest BCUT2D eigenvalue weighted by atomic mass is 32.2. The summed E-state index contributed by atoms with van der Waals surface area (Å²) in [4.78, 5) is 0.113. The molecule has 1 saturated heterocycles. The Bertz CT molecular complexity index is 899. The van der Waals surface area contributed by atoms with Crippen LogP contribution in [0, 0.1) is 0 Å². The number of nitrogens with one attached hydrogen (secondary N) is 2. The zero-order chi connectivity index (χ0) is 20.1. The van der Waals surface area contributed by atoms with E-state index in [0.29, 0.717) is 5.75 Å². The first kappa shape index (κ1) is 20.3. The third-order valence-electron chi connectivity index (χ3n) is 4.58. The standard InChI is InChI=1S/C19H22F2N2O4S/c1-26-18-9-8-16(11-17(18)13-3-2-10-22-12-13)28(24,25)23-14-4-6-15(7-5-14)27-19(20)21/h4-9,11,13,19,22-23H,2-3,10,12H2,1H3. The molecule has 9 heteroatoms. The number of halogens is 2. The fourth-order valence-electron chi connectivity index (χ4n) is 3.23. The van der Waals surface area contributed by atoms with Crippen LogP contribution in [0.3, 0.4) is 0 Å². The molecule has 152 valence electrons. The normalized spacial score (nSPS) is 17.4. The van der Waals surface area contributed by atoms with Crippen molar-refractivity contribution >= 4 is 15.7 Å². The number of rotatable bonds is 7. The quantitative estimate of drug-likeness (QED) is 0.727. The van der Waals surface area contributed by atoms with Gasteiger partial charge in [-0.3, -0.25) is 4.72 Å². The van der Waals surface area contributed by atoms with Gasteiger partial charge in [-0.15, -0.1) is 0 Å². The van der Waals surface area contributed by atoms with Gasteiger partial charge < -0.3 is 14.8 Å². The summed E-state index contributed by atoms with van der Waals surface area (Å²) in [6.07, 6.45) is 1.96. The van der Waals surface area contributed by atoms with Crippen molar-refractivity contribution in [2.45, 2.75) is 30.3 Å². The first-order valence-corrected chi connectivity index (χ1v) is 10.3. The average Bonchev–Trinajstić information content (AvgIpc) is 2.69. The maximum atomic E-state index is 12.8. The summed E-state index contributed by atoms with van der Waals surface area (Å²) in [5.41, 5.74) is 1.09. The van der Waals surface area contributed by atoms with Crippen LogP contribution in [0.25, 0.3) is 0 Å². The van der Waals surface area contributed by atoms with Crippen LogP contribution in [0.2, 0.25) is 0 Å². The second-order valence-electron chi connectivity index (χ2n) is 6.46. The number of ether oxygens (including phenoxy) is 2. The molecule has 1 atom stereocenters. The predicted octanol–water partition coefficient (Wildman–Crippen LogP) is 3.56. The zero-order valence-corrected chi connectivity index (χ0v) is 16.1. The van der Waals surface area contributed by atoms with Crippen LogP contribution >= 0.6 is 0 Å². The van der Waals surface area contributed by atoms with Crippen LogP contribution in [0.15, 0.2) is 47.4 Å². The van der Waals surface area contributed by atoms with E-state index in [9.17, 15) is 17.2 Å². The van der Waals surface area contributed by atoms with Crippen molar-refractivity contribution in [3.8, 4) is 11.5 Å². The van der Waals surface area contributed by atoms with E-state index in [1.165, 1.54) is 30.3 Å². The molecule has 2 aromatic carbocycles. The van der Waals surface area contributed by atoms with Crippen LogP contribution in [-0.4, -0.2) is 35.2 Å². The van der Waals surface area contributed by atoms with Gasteiger partial charge in [-0.05, 0) is 67.4 Å². The minimum atomic E-state index is -3.85. The summed E-state index contributed by atoms with van der Waals surface area (Å²) < 4.78 is 62.1. The van der Waals surface area contributed by atoms with Crippen LogP contribution in [0.1, 0.15) is 24.3 Å². The first-order valence-electron chi connectivity index (χ1n) is 8.85. The Morgan fingerprint density at radius 1 is 1.18 bits per heavy atom. The lowest BCUT2D eigenvalue weighted by Gasteiger charge is -2.25. The summed E-state index contributed by atoms with van der Waals surface area (Å²) in [6, 6.07) is 10.0. The Labute approximate surface area is 162 Å². The number of hydrogen-bond acceptors (Lipinski definition) is 5. The molecule has 2 aromatic rings. The van der Waals surface area contributed by atoms with Crippen LogP contribution in [0.5, 0.6) is 11.5 Å². The maximum Gasteiger partial charge on any atom is 0.387 e. The smallest absolute Gasteiger partial charge is 0.387 e. The van der Waals surface area contributed by atoms with Crippen molar-refractivity contribution in [1.29, 1.82) is 0 Å². The lowest BCUT2D eigenvalue weighted by molar-refractivity contribution is -0.0498. The van der Waals surface area contributed by atoms with Gasteiger partial charge in [0.2, 0.25) is 0 Å². The molecule has 6 nitrogen and oxygen atoms in total. The molecule has 1 aliphatic heterocycles. The Kier molecular flexibility index (Phi) is 6.35. The van der Waals surface area contributed by atoms with E-state index in [2.05, 4.69) is 14.8 Å². The number of piperidine rings is 1. The molecule has 0 spiro atoms. The molecular weight excluding hydrogens is 390 g/mol. The minimum Gasteiger partial charge on any atom is -0.496 e. The summed E-state index contributed by atoms with van der Waals surface area (Å²) in [5, 5.41) is 3.32. The Morgan fingerprint density at radius 3 is 2.54 bits per heavy atom. The molecule has 28 heavy (non-hydrogen) atoms. The first-order chi connectivity index (χ1) is 13.4. The number of hydrogen-bond donors (Lipinski definition) is 2. The van der Waals surface area contributed by atoms with Gasteiger partial charge in [0.15, 0.2) is 0 Å². The van der Waals surface area contributed by atoms with Crippen molar-refractivity contribution in [2.75, 3.05) is 24.9 Å². The second-order valence-corrected chi connectivity index (χ2v) is 8.14. The molecule has 1 aliphatic rings. The zero-order valence-electron chi connectivity index (χ0n) is 15.3. The monoisotopic (exact) mass is 412 g/mol. The van der Waals surface area contributed by atoms with E-state index in [4.69, 9.17) is 4.74 Å². The van der Waals surface area contributed by atoms with Gasteiger partial charge in [-0.25, -0.2) is 8.42 Å². The van der Waals surface area contributed by atoms with E-state index in [0.717, 1.165) is 31.5 Å². The highest BCUT2D eigenvalue weighted by molar-refractivity contribution is 7.92. The topological polar surface area (TPSA) is 76.7 Å². The third-order valence-corrected chi connectivity index (χ3v) is 5.96. The van der Waals surface area contributed by atoms with Crippen LogP contribution in [0.4, 0.5) is 14.5 Å². The lowest BCUT2D eigenvalue weighted by atomic mass is 9.91. The highest BCUT2D eigenvalue weighted by Gasteiger charge is 2.23. The van der Waals surface area contributed by atoms with Crippen molar-refractivity contribution in [3.05, 3.63) is 48.0 Å². The molecule has 0 amide bonds. The van der Waals surface area contributed by atoms with Gasteiger partial charge in [-0.1, -0.05) is 0 Å². The Hall–Kier alpha value is -2.39. The van der Waals surface area contributed by atoms with E-state index in [-0.39, 0.29) is 22.3 Å². The van der Waals surface area contributed by atoms with Gasteiger partial charge in [0, 0.05) is 18.2 Å². The number of alkyl halides is 2. The summed E-state index contributed by atoms with van der Waals surface area (Å²) in [6.45, 7) is -1.22.